The number of amides is 3. The summed E-state index contributed by atoms with van der Waals surface area (Å²) in [7, 11) is 3.99. The molecule has 178 valence electrons. The van der Waals surface area contributed by atoms with E-state index in [0.717, 1.165) is 25.7 Å². The number of aliphatic hydroxyl groups excluding tert-OH is 1. The van der Waals surface area contributed by atoms with Crippen LogP contribution in [0.2, 0.25) is 0 Å². The molecule has 3 amide bonds. The predicted octanol–water partition coefficient (Wildman–Crippen LogP) is 2.92. The molecule has 1 heterocycles. The fourth-order valence-corrected chi connectivity index (χ4v) is 4.48. The Labute approximate surface area is 191 Å². The number of carbonyl (C=O) groups excluding carboxylic acids is 2. The molecule has 1 aromatic rings. The predicted molar refractivity (Wildman–Crippen MR) is 125 cm³/mol. The Morgan fingerprint density at radius 1 is 1.28 bits per heavy atom. The summed E-state index contributed by atoms with van der Waals surface area (Å²) in [4.78, 5) is 29.7. The van der Waals surface area contributed by atoms with Crippen LogP contribution in [0, 0.1) is 5.92 Å². The number of nitrogens with one attached hydrogen (secondary N) is 2. The molecular weight excluding hydrogens is 408 g/mol. The number of likely N-dealkylation sites (N-methyl/N-ethyl adjacent to an activating group) is 1. The molecule has 3 N–H and O–H groups in total. The third kappa shape index (κ3) is 6.13. The number of carbonyl (C=O) groups is 2. The number of ether oxygens (including phenoxy) is 1. The Kier molecular flexibility index (Phi) is 8.37. The highest BCUT2D eigenvalue weighted by Crippen LogP contribution is 2.30. The van der Waals surface area contributed by atoms with Crippen LogP contribution in [0.3, 0.4) is 0 Å². The van der Waals surface area contributed by atoms with Gasteiger partial charge in [0.15, 0.2) is 0 Å². The molecule has 1 aromatic carbocycles. The zero-order valence-electron chi connectivity index (χ0n) is 19.8. The summed E-state index contributed by atoms with van der Waals surface area (Å²) in [6.07, 6.45) is 5.40. The smallest absolute Gasteiger partial charge is 0.319 e. The van der Waals surface area contributed by atoms with E-state index in [1.165, 1.54) is 6.42 Å². The van der Waals surface area contributed by atoms with Crippen LogP contribution in [0.1, 0.15) is 56.3 Å². The molecule has 1 saturated carbocycles. The zero-order chi connectivity index (χ0) is 23.3. The Morgan fingerprint density at radius 2 is 2.00 bits per heavy atom. The first-order valence-electron chi connectivity index (χ1n) is 11.7. The molecule has 3 rings (SSSR count). The van der Waals surface area contributed by atoms with Crippen molar-refractivity contribution in [1.29, 1.82) is 0 Å². The SMILES string of the molecule is C[C@@H]1CN([C@H](C)CO)C(=O)c2cc(NC(=O)NC3CCCCC3)ccc2O[C@H]1CN(C)C. The van der Waals surface area contributed by atoms with Gasteiger partial charge in [0.1, 0.15) is 11.9 Å². The lowest BCUT2D eigenvalue weighted by Crippen LogP contribution is -2.49. The van der Waals surface area contributed by atoms with Crippen LogP contribution in [0.4, 0.5) is 10.5 Å². The van der Waals surface area contributed by atoms with E-state index in [0.29, 0.717) is 30.1 Å². The molecule has 0 unspecified atom stereocenters. The minimum atomic E-state index is -0.317. The van der Waals surface area contributed by atoms with Crippen molar-refractivity contribution in [1.82, 2.24) is 15.1 Å². The van der Waals surface area contributed by atoms with Crippen LogP contribution < -0.4 is 15.4 Å². The highest BCUT2D eigenvalue weighted by Gasteiger charge is 2.33. The van der Waals surface area contributed by atoms with Gasteiger partial charge >= 0.3 is 6.03 Å². The second kappa shape index (κ2) is 11.0. The normalized spacial score (nSPS) is 23.1. The van der Waals surface area contributed by atoms with Gasteiger partial charge in [0.25, 0.3) is 5.91 Å². The van der Waals surface area contributed by atoms with Crippen LogP contribution in [-0.2, 0) is 0 Å². The molecule has 1 fully saturated rings. The lowest BCUT2D eigenvalue weighted by atomic mass is 9.96. The zero-order valence-corrected chi connectivity index (χ0v) is 19.8. The third-order valence-electron chi connectivity index (χ3n) is 6.41. The summed E-state index contributed by atoms with van der Waals surface area (Å²) in [6.45, 7) is 4.98. The molecule has 0 bridgehead atoms. The lowest BCUT2D eigenvalue weighted by molar-refractivity contribution is 0.0363. The Bertz CT molecular complexity index is 794. The quantitative estimate of drug-likeness (QED) is 0.625. The number of aliphatic hydroxyl groups is 1. The van der Waals surface area contributed by atoms with Gasteiger partial charge in [0.2, 0.25) is 0 Å². The first kappa shape index (κ1) is 24.3. The van der Waals surface area contributed by atoms with E-state index >= 15 is 0 Å². The van der Waals surface area contributed by atoms with Crippen molar-refractivity contribution >= 4 is 17.6 Å². The van der Waals surface area contributed by atoms with Crippen molar-refractivity contribution < 1.29 is 19.4 Å². The number of hydrogen-bond acceptors (Lipinski definition) is 5. The van der Waals surface area contributed by atoms with Gasteiger partial charge in [0, 0.05) is 30.7 Å². The van der Waals surface area contributed by atoms with Gasteiger partial charge in [-0.3, -0.25) is 4.79 Å². The molecule has 1 aliphatic heterocycles. The molecular formula is C24H38N4O4. The van der Waals surface area contributed by atoms with E-state index in [4.69, 9.17) is 4.74 Å². The van der Waals surface area contributed by atoms with Crippen LogP contribution in [-0.4, -0.2) is 78.8 Å². The van der Waals surface area contributed by atoms with Crippen molar-refractivity contribution in [3.63, 3.8) is 0 Å². The van der Waals surface area contributed by atoms with E-state index in [9.17, 15) is 14.7 Å². The van der Waals surface area contributed by atoms with Gasteiger partial charge in [-0.25, -0.2) is 4.79 Å². The third-order valence-corrected chi connectivity index (χ3v) is 6.41. The molecule has 0 spiro atoms. The first-order chi connectivity index (χ1) is 15.3. The summed E-state index contributed by atoms with van der Waals surface area (Å²) < 4.78 is 6.29. The van der Waals surface area contributed by atoms with Gasteiger partial charge in [-0.1, -0.05) is 26.2 Å². The van der Waals surface area contributed by atoms with Crippen molar-refractivity contribution in [2.75, 3.05) is 39.1 Å². The number of benzene rings is 1. The second-order valence-corrected chi connectivity index (χ2v) is 9.53. The van der Waals surface area contributed by atoms with Crippen LogP contribution in [0.5, 0.6) is 5.75 Å². The number of fused-ring (bicyclic) bond motifs is 1. The largest absolute Gasteiger partial charge is 0.488 e. The maximum absolute atomic E-state index is 13.4. The van der Waals surface area contributed by atoms with Crippen LogP contribution in [0.25, 0.3) is 0 Å². The van der Waals surface area contributed by atoms with E-state index in [1.54, 1.807) is 23.1 Å². The maximum Gasteiger partial charge on any atom is 0.319 e. The summed E-state index contributed by atoms with van der Waals surface area (Å²) in [6, 6.07) is 4.83. The van der Waals surface area contributed by atoms with E-state index in [2.05, 4.69) is 22.5 Å². The van der Waals surface area contributed by atoms with Gasteiger partial charge in [-0.15, -0.1) is 0 Å². The van der Waals surface area contributed by atoms with Gasteiger partial charge in [-0.05, 0) is 52.1 Å². The minimum absolute atomic E-state index is 0.0857. The van der Waals surface area contributed by atoms with Crippen LogP contribution >= 0.6 is 0 Å². The fraction of sp³-hybridized carbons (Fsp3) is 0.667. The van der Waals surface area contributed by atoms with Crippen molar-refractivity contribution in [3.05, 3.63) is 23.8 Å². The fourth-order valence-electron chi connectivity index (χ4n) is 4.48. The Balaban J connectivity index is 1.84. The second-order valence-electron chi connectivity index (χ2n) is 9.53. The minimum Gasteiger partial charge on any atom is -0.488 e. The number of hydrogen-bond donors (Lipinski definition) is 3. The van der Waals surface area contributed by atoms with E-state index in [-0.39, 0.29) is 42.7 Å². The van der Waals surface area contributed by atoms with Crippen molar-refractivity contribution in [3.8, 4) is 5.75 Å². The van der Waals surface area contributed by atoms with Gasteiger partial charge in [0.05, 0.1) is 18.2 Å². The first-order valence-corrected chi connectivity index (χ1v) is 11.7. The monoisotopic (exact) mass is 446 g/mol. The lowest BCUT2D eigenvalue weighted by Gasteiger charge is -2.37. The molecule has 2 aliphatic rings. The number of nitrogens with zero attached hydrogens (tertiary/aromatic N) is 2. The van der Waals surface area contributed by atoms with E-state index in [1.807, 2.05) is 21.0 Å². The molecule has 32 heavy (non-hydrogen) atoms. The van der Waals surface area contributed by atoms with Crippen molar-refractivity contribution in [2.24, 2.45) is 5.92 Å². The van der Waals surface area contributed by atoms with Crippen molar-refractivity contribution in [2.45, 2.75) is 64.1 Å². The molecule has 8 heteroatoms. The Hall–Kier alpha value is -2.32. The molecule has 3 atom stereocenters. The number of rotatable bonds is 6. The highest BCUT2D eigenvalue weighted by atomic mass is 16.5. The summed E-state index contributed by atoms with van der Waals surface area (Å²) in [5.41, 5.74) is 0.944. The molecule has 0 aromatic heterocycles. The van der Waals surface area contributed by atoms with Gasteiger partial charge in [-0.2, -0.15) is 0 Å². The summed E-state index contributed by atoms with van der Waals surface area (Å²) in [5, 5.41) is 15.7. The van der Waals surface area contributed by atoms with Crippen LogP contribution in [0.15, 0.2) is 18.2 Å². The van der Waals surface area contributed by atoms with E-state index < -0.39 is 0 Å². The number of urea groups is 1. The maximum atomic E-state index is 13.4. The summed E-state index contributed by atoms with van der Waals surface area (Å²) >= 11 is 0. The standard InChI is InChI=1S/C24H38N4O4/c1-16-13-28(17(2)15-29)23(30)20-12-19(10-11-21(20)32-22(16)14-27(3)4)26-24(31)25-18-8-6-5-7-9-18/h10-12,16-18,22,29H,5-9,13-15H2,1-4H3,(H2,25,26,31)/t16-,17-,22+/m1/s1. The Morgan fingerprint density at radius 3 is 2.66 bits per heavy atom. The summed E-state index contributed by atoms with van der Waals surface area (Å²) in [5.74, 6) is 0.386. The van der Waals surface area contributed by atoms with Gasteiger partial charge < -0.3 is 30.3 Å². The highest BCUT2D eigenvalue weighted by molar-refractivity contribution is 5.99. The average molecular weight is 447 g/mol. The molecule has 0 radical (unpaired) electrons. The molecule has 1 aliphatic carbocycles. The number of anilines is 1. The average Bonchev–Trinajstić information content (AvgIpc) is 2.76. The topological polar surface area (TPSA) is 94.1 Å². The molecule has 8 nitrogen and oxygen atoms in total. The molecule has 0 saturated heterocycles.